The number of benzene rings is 2. The number of amides is 1. The predicted octanol–water partition coefficient (Wildman–Crippen LogP) is 2.85. The van der Waals surface area contributed by atoms with Crippen LogP contribution < -0.4 is 5.56 Å². The van der Waals surface area contributed by atoms with E-state index in [1.54, 1.807) is 4.57 Å². The van der Waals surface area contributed by atoms with E-state index in [4.69, 9.17) is 0 Å². The number of hydrogen-bond donors (Lipinski definition) is 0. The number of thioether (sulfide) groups is 1. The second-order valence-electron chi connectivity index (χ2n) is 7.39. The van der Waals surface area contributed by atoms with E-state index in [1.807, 2.05) is 42.2 Å². The van der Waals surface area contributed by atoms with E-state index in [9.17, 15) is 9.59 Å². The minimum atomic E-state index is -0.123. The topological polar surface area (TPSA) is 58.4 Å². The van der Waals surface area contributed by atoms with Gasteiger partial charge in [0.05, 0.1) is 16.8 Å². The van der Waals surface area contributed by atoms with Crippen LogP contribution in [0.3, 0.4) is 0 Å². The monoisotopic (exact) mass is 422 g/mol. The number of nitrogens with zero attached hydrogens (tertiary/aromatic N) is 4. The first-order chi connectivity index (χ1) is 14.7. The largest absolute Gasteiger partial charge is 0.339 e. The number of rotatable bonds is 6. The smallest absolute Gasteiger partial charge is 0.283 e. The van der Waals surface area contributed by atoms with E-state index >= 15 is 0 Å². The number of aromatic nitrogens is 2. The molecule has 0 radical (unpaired) electrons. The Bertz CT molecular complexity index is 1080. The molecule has 0 aliphatic carbocycles. The van der Waals surface area contributed by atoms with Crippen molar-refractivity contribution in [1.82, 2.24) is 19.4 Å². The SMILES string of the molecule is CCn1c(=O)c(SCC(=O)N2CCN(Cc3ccccc3)CC2)nc2ccccc21. The Labute approximate surface area is 180 Å². The third-order valence-electron chi connectivity index (χ3n) is 5.45. The highest BCUT2D eigenvalue weighted by molar-refractivity contribution is 7.99. The van der Waals surface area contributed by atoms with E-state index in [-0.39, 0.29) is 17.2 Å². The highest BCUT2D eigenvalue weighted by Crippen LogP contribution is 2.18. The number of carbonyl (C=O) groups excluding carboxylic acids is 1. The van der Waals surface area contributed by atoms with E-state index in [0.717, 1.165) is 43.8 Å². The van der Waals surface area contributed by atoms with E-state index < -0.39 is 0 Å². The molecule has 0 bridgehead atoms. The molecule has 0 spiro atoms. The zero-order chi connectivity index (χ0) is 20.9. The van der Waals surface area contributed by atoms with E-state index in [2.05, 4.69) is 34.1 Å². The fraction of sp³-hybridized carbons (Fsp3) is 0.348. The lowest BCUT2D eigenvalue weighted by Gasteiger charge is -2.34. The molecule has 7 heteroatoms. The maximum absolute atomic E-state index is 12.8. The number of hydrogen-bond acceptors (Lipinski definition) is 5. The molecule has 0 unspecified atom stereocenters. The number of carbonyl (C=O) groups is 1. The van der Waals surface area contributed by atoms with Crippen molar-refractivity contribution in [3.8, 4) is 0 Å². The Hall–Kier alpha value is -2.64. The van der Waals surface area contributed by atoms with Crippen LogP contribution in [0.5, 0.6) is 0 Å². The zero-order valence-corrected chi connectivity index (χ0v) is 18.0. The molecule has 0 N–H and O–H groups in total. The van der Waals surface area contributed by atoms with Crippen LogP contribution in [-0.2, 0) is 17.9 Å². The molecule has 1 aromatic heterocycles. The summed E-state index contributed by atoms with van der Waals surface area (Å²) in [6.45, 7) is 6.60. The van der Waals surface area contributed by atoms with Crippen molar-refractivity contribution < 1.29 is 4.79 Å². The summed E-state index contributed by atoms with van der Waals surface area (Å²) in [5, 5.41) is 0.395. The quantitative estimate of drug-likeness (QED) is 0.572. The van der Waals surface area contributed by atoms with Crippen molar-refractivity contribution in [2.45, 2.75) is 25.0 Å². The molecule has 1 amide bonds. The molecule has 1 fully saturated rings. The summed E-state index contributed by atoms with van der Waals surface area (Å²) in [5.41, 5.74) is 2.78. The van der Waals surface area contributed by atoms with Gasteiger partial charge < -0.3 is 9.47 Å². The minimum absolute atomic E-state index is 0.0665. The molecule has 1 aliphatic heterocycles. The van der Waals surface area contributed by atoms with Gasteiger partial charge in [0, 0.05) is 39.3 Å². The first-order valence-corrected chi connectivity index (χ1v) is 11.3. The lowest BCUT2D eigenvalue weighted by Crippen LogP contribution is -2.48. The van der Waals surface area contributed by atoms with E-state index in [0.29, 0.717) is 11.6 Å². The Kier molecular flexibility index (Phi) is 6.50. The van der Waals surface area contributed by atoms with Gasteiger partial charge in [-0.2, -0.15) is 0 Å². The van der Waals surface area contributed by atoms with Gasteiger partial charge in [-0.15, -0.1) is 0 Å². The van der Waals surface area contributed by atoms with Crippen molar-refractivity contribution in [3.05, 3.63) is 70.5 Å². The van der Waals surface area contributed by atoms with Gasteiger partial charge in [0.15, 0.2) is 5.03 Å². The molecule has 0 saturated carbocycles. The zero-order valence-electron chi connectivity index (χ0n) is 17.2. The molecular formula is C23H26N4O2S. The fourth-order valence-corrected chi connectivity index (χ4v) is 4.63. The molecule has 1 saturated heterocycles. The summed E-state index contributed by atoms with van der Waals surface area (Å²) in [7, 11) is 0. The maximum Gasteiger partial charge on any atom is 0.283 e. The van der Waals surface area contributed by atoms with Crippen molar-refractivity contribution in [1.29, 1.82) is 0 Å². The number of para-hydroxylation sites is 2. The third-order valence-corrected chi connectivity index (χ3v) is 6.38. The molecule has 3 aromatic rings. The Morgan fingerprint density at radius 1 is 1.00 bits per heavy atom. The van der Waals surface area contributed by atoms with Gasteiger partial charge in [-0.3, -0.25) is 14.5 Å². The first kappa shape index (κ1) is 20.6. The van der Waals surface area contributed by atoms with Crippen LogP contribution in [0.1, 0.15) is 12.5 Å². The van der Waals surface area contributed by atoms with E-state index in [1.165, 1.54) is 17.3 Å². The second-order valence-corrected chi connectivity index (χ2v) is 8.35. The molecule has 4 rings (SSSR count). The fourth-order valence-electron chi connectivity index (χ4n) is 3.80. The molecule has 1 aliphatic rings. The summed E-state index contributed by atoms with van der Waals surface area (Å²) < 4.78 is 1.72. The normalized spacial score (nSPS) is 14.9. The van der Waals surface area contributed by atoms with Gasteiger partial charge in [0.2, 0.25) is 5.91 Å². The predicted molar refractivity (Wildman–Crippen MR) is 121 cm³/mol. The van der Waals surface area contributed by atoms with Crippen LogP contribution in [0, 0.1) is 0 Å². The maximum atomic E-state index is 12.8. The summed E-state index contributed by atoms with van der Waals surface area (Å²) in [6, 6.07) is 18.0. The van der Waals surface area contributed by atoms with Gasteiger partial charge in [-0.05, 0) is 24.6 Å². The van der Waals surface area contributed by atoms with Crippen molar-refractivity contribution >= 4 is 28.7 Å². The second kappa shape index (κ2) is 9.45. The lowest BCUT2D eigenvalue weighted by atomic mass is 10.2. The van der Waals surface area contributed by atoms with Crippen LogP contribution in [-0.4, -0.2) is 57.2 Å². The average Bonchev–Trinajstić information content (AvgIpc) is 2.79. The number of aryl methyl sites for hydroxylation is 1. The standard InChI is InChI=1S/C23H26N4O2S/c1-2-27-20-11-7-6-10-19(20)24-22(23(27)29)30-17-21(28)26-14-12-25(13-15-26)16-18-8-4-3-5-9-18/h3-11H,2,12-17H2,1H3. The summed E-state index contributed by atoms with van der Waals surface area (Å²) in [4.78, 5) is 34.3. The van der Waals surface area contributed by atoms with Gasteiger partial charge in [0.25, 0.3) is 5.56 Å². The molecule has 2 aromatic carbocycles. The number of piperazine rings is 1. The Morgan fingerprint density at radius 2 is 1.70 bits per heavy atom. The Balaban J connectivity index is 1.35. The molecule has 30 heavy (non-hydrogen) atoms. The van der Waals surface area contributed by atoms with Crippen LogP contribution in [0.25, 0.3) is 11.0 Å². The van der Waals surface area contributed by atoms with Crippen molar-refractivity contribution in [2.24, 2.45) is 0 Å². The minimum Gasteiger partial charge on any atom is -0.339 e. The molecule has 6 nitrogen and oxygen atoms in total. The van der Waals surface area contributed by atoms with Crippen LogP contribution in [0.15, 0.2) is 64.4 Å². The molecule has 156 valence electrons. The van der Waals surface area contributed by atoms with Crippen molar-refractivity contribution in [2.75, 3.05) is 31.9 Å². The van der Waals surface area contributed by atoms with Gasteiger partial charge in [-0.25, -0.2) is 4.98 Å². The summed E-state index contributed by atoms with van der Waals surface area (Å²) >= 11 is 1.25. The third kappa shape index (κ3) is 4.57. The highest BCUT2D eigenvalue weighted by Gasteiger charge is 2.22. The summed E-state index contributed by atoms with van der Waals surface area (Å²) in [5.74, 6) is 0.306. The molecule has 0 atom stereocenters. The van der Waals surface area contributed by atoms with Crippen LogP contribution >= 0.6 is 11.8 Å². The Morgan fingerprint density at radius 3 is 2.43 bits per heavy atom. The summed E-state index contributed by atoms with van der Waals surface area (Å²) in [6.07, 6.45) is 0. The van der Waals surface area contributed by atoms with Crippen LogP contribution in [0.4, 0.5) is 0 Å². The first-order valence-electron chi connectivity index (χ1n) is 10.3. The van der Waals surface area contributed by atoms with Gasteiger partial charge in [-0.1, -0.05) is 54.2 Å². The highest BCUT2D eigenvalue weighted by atomic mass is 32.2. The van der Waals surface area contributed by atoms with Gasteiger partial charge >= 0.3 is 0 Å². The lowest BCUT2D eigenvalue weighted by molar-refractivity contribution is -0.130. The van der Waals surface area contributed by atoms with Gasteiger partial charge in [0.1, 0.15) is 0 Å². The van der Waals surface area contributed by atoms with Crippen LogP contribution in [0.2, 0.25) is 0 Å². The average molecular weight is 423 g/mol. The molecular weight excluding hydrogens is 396 g/mol. The van der Waals surface area contributed by atoms with Crippen molar-refractivity contribution in [3.63, 3.8) is 0 Å². The molecule has 2 heterocycles. The number of fused-ring (bicyclic) bond motifs is 1.